The molecule has 2 aliphatic rings. The van der Waals surface area contributed by atoms with Gasteiger partial charge in [0.25, 0.3) is 0 Å². The molecule has 2 rings (SSSR count). The third-order valence-corrected chi connectivity index (χ3v) is 3.59. The molecule has 0 aromatic carbocycles. The summed E-state index contributed by atoms with van der Waals surface area (Å²) in [6.45, 7) is 5.99. The van der Waals surface area contributed by atoms with Crippen molar-refractivity contribution >= 4 is 0 Å². The molecule has 1 aliphatic carbocycles. The Bertz CT molecular complexity index is 201. The summed E-state index contributed by atoms with van der Waals surface area (Å²) in [6.07, 6.45) is 4.11. The zero-order chi connectivity index (χ0) is 10.2. The fraction of sp³-hybridized carbons (Fsp3) is 1.00. The number of hydrogen-bond acceptors (Lipinski definition) is 3. The second-order valence-corrected chi connectivity index (χ2v) is 5.24. The molecule has 1 saturated carbocycles. The van der Waals surface area contributed by atoms with Gasteiger partial charge < -0.3 is 15.2 Å². The number of rotatable bonds is 2. The summed E-state index contributed by atoms with van der Waals surface area (Å²) in [7, 11) is 0. The SMILES string of the molecule is CC1(C)CCCC(OC2COC2)C1N. The van der Waals surface area contributed by atoms with Crippen LogP contribution in [0.1, 0.15) is 33.1 Å². The lowest BCUT2D eigenvalue weighted by Crippen LogP contribution is -2.53. The first-order valence-electron chi connectivity index (χ1n) is 5.58. The monoisotopic (exact) mass is 199 g/mol. The minimum atomic E-state index is 0.178. The van der Waals surface area contributed by atoms with Gasteiger partial charge in [0, 0.05) is 6.04 Å². The fourth-order valence-corrected chi connectivity index (χ4v) is 2.30. The van der Waals surface area contributed by atoms with Crippen LogP contribution in [0.3, 0.4) is 0 Å². The normalized spacial score (nSPS) is 37.9. The van der Waals surface area contributed by atoms with Crippen LogP contribution in [0, 0.1) is 5.41 Å². The van der Waals surface area contributed by atoms with E-state index in [1.54, 1.807) is 0 Å². The summed E-state index contributed by atoms with van der Waals surface area (Å²) in [5.41, 5.74) is 6.45. The standard InChI is InChI=1S/C11H21NO2/c1-11(2)5-3-4-9(10(11)12)14-8-6-13-7-8/h8-10H,3-7,12H2,1-2H3. The van der Waals surface area contributed by atoms with E-state index in [1.807, 2.05) is 0 Å². The molecule has 0 aromatic rings. The minimum absolute atomic E-state index is 0.178. The van der Waals surface area contributed by atoms with Gasteiger partial charge in [-0.3, -0.25) is 0 Å². The van der Waals surface area contributed by atoms with Gasteiger partial charge >= 0.3 is 0 Å². The first-order chi connectivity index (χ1) is 6.59. The van der Waals surface area contributed by atoms with Gasteiger partial charge in [-0.1, -0.05) is 20.3 Å². The molecular formula is C11H21NO2. The minimum Gasteiger partial charge on any atom is -0.376 e. The van der Waals surface area contributed by atoms with E-state index in [9.17, 15) is 0 Å². The van der Waals surface area contributed by atoms with Crippen molar-refractivity contribution in [1.29, 1.82) is 0 Å². The van der Waals surface area contributed by atoms with Crippen molar-refractivity contribution in [3.05, 3.63) is 0 Å². The van der Waals surface area contributed by atoms with Crippen molar-refractivity contribution in [1.82, 2.24) is 0 Å². The maximum Gasteiger partial charge on any atom is 0.105 e. The molecule has 2 N–H and O–H groups in total. The lowest BCUT2D eigenvalue weighted by Gasteiger charge is -2.43. The van der Waals surface area contributed by atoms with Crippen molar-refractivity contribution < 1.29 is 9.47 Å². The van der Waals surface area contributed by atoms with Gasteiger partial charge in [-0.15, -0.1) is 0 Å². The van der Waals surface area contributed by atoms with E-state index in [2.05, 4.69) is 13.8 Å². The van der Waals surface area contributed by atoms with Crippen LogP contribution >= 0.6 is 0 Å². The van der Waals surface area contributed by atoms with Crippen molar-refractivity contribution in [2.75, 3.05) is 13.2 Å². The average Bonchev–Trinajstić information content (AvgIpc) is 2.04. The zero-order valence-corrected chi connectivity index (χ0v) is 9.16. The Kier molecular flexibility index (Phi) is 2.82. The number of nitrogens with two attached hydrogens (primary N) is 1. The van der Waals surface area contributed by atoms with E-state index < -0.39 is 0 Å². The second-order valence-electron chi connectivity index (χ2n) is 5.24. The molecule has 0 radical (unpaired) electrons. The third kappa shape index (κ3) is 1.95. The van der Waals surface area contributed by atoms with Crippen LogP contribution in [0.2, 0.25) is 0 Å². The van der Waals surface area contributed by atoms with Crippen LogP contribution in [0.25, 0.3) is 0 Å². The zero-order valence-electron chi connectivity index (χ0n) is 9.16. The summed E-state index contributed by atoms with van der Waals surface area (Å²) >= 11 is 0. The summed E-state index contributed by atoms with van der Waals surface area (Å²) in [5, 5.41) is 0. The smallest absolute Gasteiger partial charge is 0.105 e. The lowest BCUT2D eigenvalue weighted by molar-refractivity contribution is -0.171. The summed E-state index contributed by atoms with van der Waals surface area (Å²) in [6, 6.07) is 0.178. The van der Waals surface area contributed by atoms with Gasteiger partial charge in [-0.05, 0) is 18.3 Å². The topological polar surface area (TPSA) is 44.5 Å². The van der Waals surface area contributed by atoms with Gasteiger partial charge in [0.15, 0.2) is 0 Å². The first kappa shape index (κ1) is 10.4. The molecule has 0 spiro atoms. The van der Waals surface area contributed by atoms with Crippen LogP contribution in [0.4, 0.5) is 0 Å². The molecule has 3 nitrogen and oxygen atoms in total. The highest BCUT2D eigenvalue weighted by atomic mass is 16.6. The Morgan fingerprint density at radius 3 is 2.64 bits per heavy atom. The molecule has 2 atom stereocenters. The predicted molar refractivity (Wildman–Crippen MR) is 55.1 cm³/mol. The highest BCUT2D eigenvalue weighted by Crippen LogP contribution is 2.36. The van der Waals surface area contributed by atoms with Gasteiger partial charge in [0.2, 0.25) is 0 Å². The first-order valence-corrected chi connectivity index (χ1v) is 5.58. The third-order valence-electron chi connectivity index (χ3n) is 3.59. The van der Waals surface area contributed by atoms with Gasteiger partial charge in [-0.2, -0.15) is 0 Å². The van der Waals surface area contributed by atoms with Gasteiger partial charge in [-0.25, -0.2) is 0 Å². The molecule has 2 unspecified atom stereocenters. The van der Waals surface area contributed by atoms with E-state index in [1.165, 1.54) is 12.8 Å². The van der Waals surface area contributed by atoms with Gasteiger partial charge in [0.1, 0.15) is 6.10 Å². The number of hydrogen-bond donors (Lipinski definition) is 1. The molecule has 2 fully saturated rings. The molecule has 1 heterocycles. The fourth-order valence-electron chi connectivity index (χ4n) is 2.30. The highest BCUT2D eigenvalue weighted by Gasteiger charge is 2.38. The van der Waals surface area contributed by atoms with Crippen molar-refractivity contribution in [2.24, 2.45) is 11.1 Å². The van der Waals surface area contributed by atoms with E-state index in [4.69, 9.17) is 15.2 Å². The molecule has 0 aromatic heterocycles. The average molecular weight is 199 g/mol. The Labute approximate surface area is 85.9 Å². The molecule has 3 heteroatoms. The maximum absolute atomic E-state index is 6.22. The van der Waals surface area contributed by atoms with Crippen LogP contribution in [0.5, 0.6) is 0 Å². The molecular weight excluding hydrogens is 178 g/mol. The van der Waals surface area contributed by atoms with E-state index >= 15 is 0 Å². The van der Waals surface area contributed by atoms with Crippen molar-refractivity contribution in [3.63, 3.8) is 0 Å². The lowest BCUT2D eigenvalue weighted by atomic mass is 9.72. The van der Waals surface area contributed by atoms with E-state index in [0.29, 0.717) is 6.10 Å². The second kappa shape index (κ2) is 3.80. The molecule has 14 heavy (non-hydrogen) atoms. The maximum atomic E-state index is 6.22. The summed E-state index contributed by atoms with van der Waals surface area (Å²) in [4.78, 5) is 0. The Balaban J connectivity index is 1.90. The van der Waals surface area contributed by atoms with E-state index in [-0.39, 0.29) is 17.6 Å². The number of ether oxygens (including phenoxy) is 2. The van der Waals surface area contributed by atoms with Crippen LogP contribution < -0.4 is 5.73 Å². The Hall–Kier alpha value is -0.120. The molecule has 0 amide bonds. The summed E-state index contributed by atoms with van der Waals surface area (Å²) in [5.74, 6) is 0. The van der Waals surface area contributed by atoms with Crippen LogP contribution in [-0.4, -0.2) is 31.5 Å². The Morgan fingerprint density at radius 2 is 2.07 bits per heavy atom. The van der Waals surface area contributed by atoms with Gasteiger partial charge in [0.05, 0.1) is 19.3 Å². The van der Waals surface area contributed by atoms with Crippen molar-refractivity contribution in [3.8, 4) is 0 Å². The van der Waals surface area contributed by atoms with Crippen molar-refractivity contribution in [2.45, 2.75) is 51.4 Å². The molecule has 1 aliphatic heterocycles. The Morgan fingerprint density at radius 1 is 1.36 bits per heavy atom. The summed E-state index contributed by atoms with van der Waals surface area (Å²) < 4.78 is 11.0. The largest absolute Gasteiger partial charge is 0.376 e. The quantitative estimate of drug-likeness (QED) is 0.729. The predicted octanol–water partition coefficient (Wildman–Crippen LogP) is 1.31. The molecule has 1 saturated heterocycles. The molecule has 82 valence electrons. The van der Waals surface area contributed by atoms with Crippen LogP contribution in [0.15, 0.2) is 0 Å². The highest BCUT2D eigenvalue weighted by molar-refractivity contribution is 4.92. The molecule has 0 bridgehead atoms. The van der Waals surface area contributed by atoms with E-state index in [0.717, 1.165) is 19.6 Å². The van der Waals surface area contributed by atoms with Crippen LogP contribution in [-0.2, 0) is 9.47 Å².